The maximum atomic E-state index is 15.6. The highest BCUT2D eigenvalue weighted by atomic mass is 19.1. The third-order valence-electron chi connectivity index (χ3n) is 17.1. The molecule has 1 heterocycles. The summed E-state index contributed by atoms with van der Waals surface area (Å²) in [5.74, 6) is -0.661. The summed E-state index contributed by atoms with van der Waals surface area (Å²) in [5, 5.41) is 4.16. The molecule has 0 radical (unpaired) electrons. The van der Waals surface area contributed by atoms with Crippen molar-refractivity contribution in [3.05, 3.63) is 318 Å². The Bertz CT molecular complexity index is 4520. The zero-order valence-corrected chi connectivity index (χ0v) is 49.1. The van der Waals surface area contributed by atoms with Gasteiger partial charge in [0.15, 0.2) is 0 Å². The van der Waals surface area contributed by atoms with Crippen LogP contribution in [0.3, 0.4) is 0 Å². The molecular formula is C80H66F2N2O. The van der Waals surface area contributed by atoms with E-state index in [4.69, 9.17) is 4.42 Å². The van der Waals surface area contributed by atoms with Crippen molar-refractivity contribution in [2.75, 3.05) is 9.80 Å². The fourth-order valence-corrected chi connectivity index (χ4v) is 12.9. The third kappa shape index (κ3) is 9.36. The summed E-state index contributed by atoms with van der Waals surface area (Å²) in [6, 6.07) is 85.2. The maximum Gasteiger partial charge on any atom is 0.138 e. The molecule has 0 aliphatic heterocycles. The van der Waals surface area contributed by atoms with Gasteiger partial charge in [-0.1, -0.05) is 230 Å². The largest absolute Gasteiger partial charge is 0.456 e. The van der Waals surface area contributed by atoms with Crippen LogP contribution >= 0.6 is 0 Å². The molecule has 0 saturated heterocycles. The first-order valence-electron chi connectivity index (χ1n) is 29.3. The molecule has 11 aromatic carbocycles. The Labute approximate surface area is 497 Å². The first-order chi connectivity index (χ1) is 41.1. The number of fused-ring (bicyclic) bond motifs is 9. The van der Waals surface area contributed by atoms with Crippen LogP contribution in [0.4, 0.5) is 42.9 Å². The van der Waals surface area contributed by atoms with Gasteiger partial charge in [0.25, 0.3) is 0 Å². The highest BCUT2D eigenvalue weighted by molar-refractivity contribution is 6.23. The molecule has 416 valence electrons. The van der Waals surface area contributed by atoms with Crippen molar-refractivity contribution in [2.24, 2.45) is 0 Å². The summed E-state index contributed by atoms with van der Waals surface area (Å²) < 4.78 is 38.4. The molecule has 0 saturated carbocycles. The minimum atomic E-state index is -0.995. The molecule has 0 N–H and O–H groups in total. The van der Waals surface area contributed by atoms with Crippen LogP contribution in [0.15, 0.2) is 278 Å². The number of benzene rings is 11. The number of furan rings is 1. The van der Waals surface area contributed by atoms with Crippen molar-refractivity contribution >= 4 is 72.4 Å². The average Bonchev–Trinajstić information content (AvgIpc) is 1.54. The molecule has 1 aliphatic carbocycles. The van der Waals surface area contributed by atoms with Gasteiger partial charge in [0.1, 0.15) is 22.8 Å². The summed E-state index contributed by atoms with van der Waals surface area (Å²) in [6.07, 6.45) is 4.95. The van der Waals surface area contributed by atoms with Crippen molar-refractivity contribution < 1.29 is 13.2 Å². The summed E-state index contributed by atoms with van der Waals surface area (Å²) >= 11 is 0. The predicted octanol–water partition coefficient (Wildman–Crippen LogP) is 22.9. The van der Waals surface area contributed by atoms with Crippen LogP contribution in [0.5, 0.6) is 0 Å². The van der Waals surface area contributed by atoms with E-state index < -0.39 is 5.41 Å². The first-order valence-corrected chi connectivity index (χ1v) is 29.3. The summed E-state index contributed by atoms with van der Waals surface area (Å²) in [4.78, 5) is 4.75. The van der Waals surface area contributed by atoms with Gasteiger partial charge in [-0.05, 0) is 140 Å². The molecule has 1 aromatic heterocycles. The second kappa shape index (κ2) is 21.4. The van der Waals surface area contributed by atoms with Crippen molar-refractivity contribution in [1.29, 1.82) is 0 Å². The Morgan fingerprint density at radius 1 is 0.494 bits per heavy atom. The van der Waals surface area contributed by atoms with Crippen LogP contribution in [-0.4, -0.2) is 0 Å². The number of nitrogens with zero attached hydrogens (tertiary/aromatic N) is 2. The van der Waals surface area contributed by atoms with Gasteiger partial charge >= 0.3 is 0 Å². The molecule has 12 aromatic rings. The zero-order chi connectivity index (χ0) is 58.8. The lowest BCUT2D eigenvalue weighted by molar-refractivity contribution is 0.590. The average molecular weight is 1110 g/mol. The van der Waals surface area contributed by atoms with Crippen molar-refractivity contribution in [1.82, 2.24) is 0 Å². The van der Waals surface area contributed by atoms with Gasteiger partial charge in [-0.15, -0.1) is 0 Å². The van der Waals surface area contributed by atoms with Gasteiger partial charge < -0.3 is 14.2 Å². The molecule has 0 spiro atoms. The number of halogens is 2. The van der Waals surface area contributed by atoms with Crippen LogP contribution in [0, 0.1) is 5.82 Å². The molecule has 0 amide bonds. The molecule has 0 bridgehead atoms. The monoisotopic (exact) mass is 1110 g/mol. The van der Waals surface area contributed by atoms with Gasteiger partial charge in [-0.25, -0.2) is 8.78 Å². The quantitative estimate of drug-likeness (QED) is 0.114. The number of anilines is 6. The minimum absolute atomic E-state index is 0.0857. The molecule has 5 heteroatoms. The molecule has 13 rings (SSSR count). The molecule has 0 atom stereocenters. The zero-order valence-electron chi connectivity index (χ0n) is 49.1. The lowest BCUT2D eigenvalue weighted by atomic mass is 9.66. The van der Waals surface area contributed by atoms with E-state index in [9.17, 15) is 0 Å². The number of para-hydroxylation sites is 1. The van der Waals surface area contributed by atoms with Crippen LogP contribution in [0.25, 0.3) is 60.5 Å². The van der Waals surface area contributed by atoms with Crippen LogP contribution in [-0.2, 0) is 16.2 Å². The number of hydrogen-bond donors (Lipinski definition) is 0. The second-order valence-corrected chi connectivity index (χ2v) is 24.3. The molecule has 0 unspecified atom stereocenters. The summed E-state index contributed by atoms with van der Waals surface area (Å²) in [6.45, 7) is 19.5. The van der Waals surface area contributed by atoms with Crippen molar-refractivity contribution in [3.8, 4) is 22.3 Å². The van der Waals surface area contributed by atoms with Crippen LogP contribution in [0.2, 0.25) is 0 Å². The van der Waals surface area contributed by atoms with E-state index in [1.54, 1.807) is 18.2 Å². The van der Waals surface area contributed by atoms with E-state index in [-0.39, 0.29) is 22.5 Å². The van der Waals surface area contributed by atoms with E-state index in [1.807, 2.05) is 49.4 Å². The van der Waals surface area contributed by atoms with E-state index in [0.29, 0.717) is 16.7 Å². The Morgan fingerprint density at radius 2 is 0.976 bits per heavy atom. The first kappa shape index (κ1) is 54.4. The van der Waals surface area contributed by atoms with Gasteiger partial charge in [0, 0.05) is 67.2 Å². The topological polar surface area (TPSA) is 19.6 Å². The predicted molar refractivity (Wildman–Crippen MR) is 354 cm³/mol. The Hall–Kier alpha value is -9.84. The normalized spacial score (nSPS) is 13.2. The fourth-order valence-electron chi connectivity index (χ4n) is 12.9. The minimum Gasteiger partial charge on any atom is -0.456 e. The molecule has 0 fully saturated rings. The highest BCUT2D eigenvalue weighted by Crippen LogP contribution is 2.65. The lowest BCUT2D eigenvalue weighted by Crippen LogP contribution is -2.31. The fraction of sp³-hybridized carbons (Fsp3) is 0.125. The number of rotatable bonds is 12. The van der Waals surface area contributed by atoms with Crippen LogP contribution < -0.4 is 9.80 Å². The van der Waals surface area contributed by atoms with E-state index in [2.05, 4.69) is 246 Å². The van der Waals surface area contributed by atoms with Crippen molar-refractivity contribution in [3.63, 3.8) is 0 Å². The Kier molecular flexibility index (Phi) is 13.7. The molecule has 3 nitrogen and oxygen atoms in total. The van der Waals surface area contributed by atoms with E-state index in [0.717, 1.165) is 106 Å². The third-order valence-corrected chi connectivity index (χ3v) is 17.1. The Morgan fingerprint density at radius 3 is 1.53 bits per heavy atom. The summed E-state index contributed by atoms with van der Waals surface area (Å²) in [7, 11) is 0. The molecular weight excluding hydrogens is 1040 g/mol. The second-order valence-electron chi connectivity index (χ2n) is 24.3. The number of allylic oxidation sites excluding steroid dienone is 5. The number of hydrogen-bond acceptors (Lipinski definition) is 3. The van der Waals surface area contributed by atoms with Gasteiger partial charge in [0.05, 0.1) is 16.8 Å². The van der Waals surface area contributed by atoms with Gasteiger partial charge in [-0.3, -0.25) is 0 Å². The maximum absolute atomic E-state index is 15.6. The molecule has 85 heavy (non-hydrogen) atoms. The lowest BCUT2D eigenvalue weighted by Gasteiger charge is -2.38. The Balaban J connectivity index is 1.18. The van der Waals surface area contributed by atoms with Crippen LogP contribution in [0.1, 0.15) is 87.4 Å². The summed E-state index contributed by atoms with van der Waals surface area (Å²) in [5.41, 5.74) is 17.3. The highest BCUT2D eigenvalue weighted by Gasteiger charge is 2.51. The van der Waals surface area contributed by atoms with E-state index in [1.165, 1.54) is 23.3 Å². The van der Waals surface area contributed by atoms with Gasteiger partial charge in [0.2, 0.25) is 0 Å². The SMILES string of the molecule is C=C(/C(F)=C\C=C/C)c1ccc(N(c2ccc(C(C)(C)C)cc2)c2cc3c(c4ccccc24)-c2c(c(N(c4ccc(-c5ccccc5F)cc4)c4ccc(C(C)(C)C)cc4)cc4oc5ccccc5c24)C3(c2ccccc2)c2ccccc2)cc1. The molecule has 1 aliphatic rings. The van der Waals surface area contributed by atoms with E-state index >= 15 is 8.78 Å². The van der Waals surface area contributed by atoms with Crippen molar-refractivity contribution in [2.45, 2.75) is 64.7 Å². The standard InChI is InChI=1S/C80H66F2N2O/c1-9-10-31-68(81)52(2)53-34-42-59(43-35-53)83(61-46-38-55(39-47-61)78(3,4)5)70-50-67-74(65-29-18-17-28-64(65)70)76-75-66-30-20-22-33-72(66)85-73(75)51-71(77(76)80(67,57-23-13-11-14-24-57)58-25-15-12-16-26-58)84(62-48-40-56(41-49-62)79(6,7)8)60-44-36-54(37-45-60)63-27-19-21-32-69(63)82/h9-51H,2H2,1,3-8H3/b10-9-,68-31+. The van der Waals surface area contributed by atoms with Gasteiger partial charge in [-0.2, -0.15) is 0 Å². The smallest absolute Gasteiger partial charge is 0.138 e.